The molecule has 0 bridgehead atoms. The number of rotatable bonds is 4. The molecule has 2 N–H and O–H groups in total. The Labute approximate surface area is 160 Å². The van der Waals surface area contributed by atoms with Crippen LogP contribution in [-0.2, 0) is 9.53 Å². The number of hydrogen-bond acceptors (Lipinski definition) is 5. The van der Waals surface area contributed by atoms with E-state index in [1.165, 1.54) is 19.1 Å². The van der Waals surface area contributed by atoms with Crippen molar-refractivity contribution in [2.75, 3.05) is 0 Å². The highest BCUT2D eigenvalue weighted by Crippen LogP contribution is 2.28. The molecule has 0 radical (unpaired) electrons. The molecule has 0 saturated heterocycles. The van der Waals surface area contributed by atoms with Crippen LogP contribution < -0.4 is 10.6 Å². The van der Waals surface area contributed by atoms with E-state index in [1.807, 2.05) is 0 Å². The van der Waals surface area contributed by atoms with E-state index in [4.69, 9.17) is 4.74 Å². The third-order valence-electron chi connectivity index (χ3n) is 4.54. The molecule has 2 aromatic rings. The number of hydrogen-bond donors (Lipinski definition) is 2. The molecule has 6 nitrogen and oxygen atoms in total. The summed E-state index contributed by atoms with van der Waals surface area (Å²) in [6.45, 7) is 1.38. The molecule has 1 aliphatic carbocycles. The van der Waals surface area contributed by atoms with Gasteiger partial charge in [-0.2, -0.15) is 0 Å². The van der Waals surface area contributed by atoms with E-state index in [2.05, 4.69) is 10.6 Å². The van der Waals surface area contributed by atoms with Gasteiger partial charge in [0.2, 0.25) is 0 Å². The Morgan fingerprint density at radius 3 is 2.67 bits per heavy atom. The van der Waals surface area contributed by atoms with E-state index < -0.39 is 29.8 Å². The summed E-state index contributed by atoms with van der Waals surface area (Å²) < 4.78 is 19.5. The van der Waals surface area contributed by atoms with Crippen LogP contribution in [0.3, 0.4) is 0 Å². The molecule has 1 saturated carbocycles. The third kappa shape index (κ3) is 4.82. The lowest BCUT2D eigenvalue weighted by Gasteiger charge is -2.23. The summed E-state index contributed by atoms with van der Waals surface area (Å²) in [4.78, 5) is 36.4. The number of fused-ring (bicyclic) bond motifs is 1. The van der Waals surface area contributed by atoms with Gasteiger partial charge in [-0.25, -0.2) is 14.0 Å². The Morgan fingerprint density at radius 1 is 1.22 bits per heavy atom. The standard InChI is InChI=1S/C19H21FN2O4S/c1-11(17(23)22-19(25)21-12-6-3-2-4-7-12)26-18(24)16-10-13-14(20)8-5-9-15(13)27-16/h5,8-12H,2-4,6-7H2,1H3,(H2,21,22,23,25)/t11-/m1/s1. The summed E-state index contributed by atoms with van der Waals surface area (Å²) in [7, 11) is 0. The second-order valence-corrected chi connectivity index (χ2v) is 7.69. The normalized spacial score (nSPS) is 15.9. The van der Waals surface area contributed by atoms with Crippen molar-refractivity contribution in [1.82, 2.24) is 10.6 Å². The fraction of sp³-hybridized carbons (Fsp3) is 0.421. The van der Waals surface area contributed by atoms with Crippen LogP contribution in [-0.4, -0.2) is 30.1 Å². The molecular formula is C19H21FN2O4S. The van der Waals surface area contributed by atoms with Gasteiger partial charge in [0, 0.05) is 16.1 Å². The van der Waals surface area contributed by atoms with Gasteiger partial charge in [0.25, 0.3) is 5.91 Å². The molecule has 1 fully saturated rings. The fourth-order valence-corrected chi connectivity index (χ4v) is 4.04. The molecule has 1 aliphatic rings. The lowest BCUT2D eigenvalue weighted by atomic mass is 9.96. The number of imide groups is 1. The third-order valence-corrected chi connectivity index (χ3v) is 5.62. The van der Waals surface area contributed by atoms with Crippen LogP contribution in [0.4, 0.5) is 9.18 Å². The van der Waals surface area contributed by atoms with Crippen molar-refractivity contribution in [2.24, 2.45) is 0 Å². The van der Waals surface area contributed by atoms with Crippen LogP contribution in [0.5, 0.6) is 0 Å². The highest BCUT2D eigenvalue weighted by molar-refractivity contribution is 7.20. The molecule has 1 atom stereocenters. The van der Waals surface area contributed by atoms with Crippen molar-refractivity contribution in [2.45, 2.75) is 51.2 Å². The number of thiophene rings is 1. The number of halogens is 1. The van der Waals surface area contributed by atoms with Crippen LogP contribution >= 0.6 is 11.3 Å². The zero-order chi connectivity index (χ0) is 19.4. The van der Waals surface area contributed by atoms with Gasteiger partial charge in [0.15, 0.2) is 6.10 Å². The van der Waals surface area contributed by atoms with E-state index >= 15 is 0 Å². The van der Waals surface area contributed by atoms with Crippen molar-refractivity contribution < 1.29 is 23.5 Å². The second-order valence-electron chi connectivity index (χ2n) is 6.61. The summed E-state index contributed by atoms with van der Waals surface area (Å²) >= 11 is 1.08. The Balaban J connectivity index is 1.54. The summed E-state index contributed by atoms with van der Waals surface area (Å²) in [6, 6.07) is 5.45. The van der Waals surface area contributed by atoms with E-state index in [1.54, 1.807) is 12.1 Å². The van der Waals surface area contributed by atoms with Gasteiger partial charge in [-0.3, -0.25) is 10.1 Å². The molecule has 0 unspecified atom stereocenters. The molecule has 1 heterocycles. The summed E-state index contributed by atoms with van der Waals surface area (Å²) in [5.74, 6) is -1.86. The minimum absolute atomic E-state index is 0.0675. The van der Waals surface area contributed by atoms with E-state index in [-0.39, 0.29) is 10.9 Å². The van der Waals surface area contributed by atoms with Crippen LogP contribution in [0, 0.1) is 5.82 Å². The predicted molar refractivity (Wildman–Crippen MR) is 100 cm³/mol. The maximum atomic E-state index is 13.7. The molecule has 3 amide bonds. The molecule has 8 heteroatoms. The highest BCUT2D eigenvalue weighted by Gasteiger charge is 2.23. The molecule has 1 aromatic carbocycles. The van der Waals surface area contributed by atoms with Gasteiger partial charge >= 0.3 is 12.0 Å². The number of esters is 1. The molecule has 0 spiro atoms. The topological polar surface area (TPSA) is 84.5 Å². The second kappa shape index (κ2) is 8.47. The SMILES string of the molecule is C[C@@H](OC(=O)c1cc2c(F)cccc2s1)C(=O)NC(=O)NC1CCCCC1. The van der Waals surface area contributed by atoms with Gasteiger partial charge in [-0.15, -0.1) is 11.3 Å². The largest absolute Gasteiger partial charge is 0.448 e. The molecule has 144 valence electrons. The fourth-order valence-electron chi connectivity index (χ4n) is 3.08. The highest BCUT2D eigenvalue weighted by atomic mass is 32.1. The van der Waals surface area contributed by atoms with Crippen molar-refractivity contribution >= 4 is 39.3 Å². The zero-order valence-corrected chi connectivity index (χ0v) is 15.7. The Bertz CT molecular complexity index is 861. The van der Waals surface area contributed by atoms with E-state index in [0.717, 1.165) is 43.4 Å². The maximum absolute atomic E-state index is 13.7. The lowest BCUT2D eigenvalue weighted by Crippen LogP contribution is -2.48. The predicted octanol–water partition coefficient (Wildman–Crippen LogP) is 3.74. The Morgan fingerprint density at radius 2 is 1.96 bits per heavy atom. The molecule has 27 heavy (non-hydrogen) atoms. The van der Waals surface area contributed by atoms with Gasteiger partial charge < -0.3 is 10.1 Å². The Hall–Kier alpha value is -2.48. The first-order valence-electron chi connectivity index (χ1n) is 8.94. The molecular weight excluding hydrogens is 371 g/mol. The minimum atomic E-state index is -1.15. The van der Waals surface area contributed by atoms with E-state index in [9.17, 15) is 18.8 Å². The average molecular weight is 392 g/mol. The van der Waals surface area contributed by atoms with Gasteiger partial charge in [-0.1, -0.05) is 25.3 Å². The monoisotopic (exact) mass is 392 g/mol. The molecule has 0 aliphatic heterocycles. The number of carbonyl (C=O) groups is 3. The Kier molecular flexibility index (Phi) is 6.05. The van der Waals surface area contributed by atoms with Crippen LogP contribution in [0.1, 0.15) is 48.7 Å². The van der Waals surface area contributed by atoms with Crippen molar-refractivity contribution in [3.8, 4) is 0 Å². The number of urea groups is 1. The first-order chi connectivity index (χ1) is 12.9. The quantitative estimate of drug-likeness (QED) is 0.776. The summed E-state index contributed by atoms with van der Waals surface area (Å²) in [5.41, 5.74) is 0. The van der Waals surface area contributed by atoms with Crippen LogP contribution in [0.2, 0.25) is 0 Å². The first kappa shape index (κ1) is 19.3. The first-order valence-corrected chi connectivity index (χ1v) is 9.76. The molecule has 1 aromatic heterocycles. The van der Waals surface area contributed by atoms with Crippen molar-refractivity contribution in [3.05, 3.63) is 35.0 Å². The average Bonchev–Trinajstić information content (AvgIpc) is 3.08. The zero-order valence-electron chi connectivity index (χ0n) is 14.9. The van der Waals surface area contributed by atoms with Gasteiger partial charge in [0.1, 0.15) is 10.7 Å². The van der Waals surface area contributed by atoms with Crippen LogP contribution in [0.15, 0.2) is 24.3 Å². The smallest absolute Gasteiger partial charge is 0.349 e. The van der Waals surface area contributed by atoms with Crippen LogP contribution in [0.25, 0.3) is 10.1 Å². The van der Waals surface area contributed by atoms with Gasteiger partial charge in [0.05, 0.1) is 0 Å². The van der Waals surface area contributed by atoms with Gasteiger partial charge in [-0.05, 0) is 38.0 Å². The number of ether oxygens (including phenoxy) is 1. The number of carbonyl (C=O) groups excluding carboxylic acids is 3. The number of amides is 3. The summed E-state index contributed by atoms with van der Waals surface area (Å²) in [5, 5.41) is 5.29. The number of benzene rings is 1. The van der Waals surface area contributed by atoms with Crippen molar-refractivity contribution in [1.29, 1.82) is 0 Å². The minimum Gasteiger partial charge on any atom is -0.448 e. The lowest BCUT2D eigenvalue weighted by molar-refractivity contribution is -0.127. The number of nitrogens with one attached hydrogen (secondary N) is 2. The summed E-state index contributed by atoms with van der Waals surface area (Å²) in [6.07, 6.45) is 3.92. The van der Waals surface area contributed by atoms with E-state index in [0.29, 0.717) is 10.1 Å². The maximum Gasteiger partial charge on any atom is 0.349 e. The molecule has 3 rings (SSSR count). The van der Waals surface area contributed by atoms with Crippen molar-refractivity contribution in [3.63, 3.8) is 0 Å².